The molecule has 26 heavy (non-hydrogen) atoms. The molecule has 2 aromatic heterocycles. The molecule has 1 aliphatic rings. The van der Waals surface area contributed by atoms with Crippen molar-refractivity contribution in [2.75, 3.05) is 26.2 Å². The first-order chi connectivity index (χ1) is 12.5. The summed E-state index contributed by atoms with van der Waals surface area (Å²) >= 11 is 0. The maximum atomic E-state index is 4.40. The van der Waals surface area contributed by atoms with Gasteiger partial charge in [0.2, 0.25) is 0 Å². The molecule has 1 saturated heterocycles. The molecule has 0 spiro atoms. The molecule has 1 aliphatic heterocycles. The molecule has 0 N–H and O–H groups in total. The van der Waals surface area contributed by atoms with Crippen LogP contribution in [0.5, 0.6) is 0 Å². The maximum absolute atomic E-state index is 4.40. The van der Waals surface area contributed by atoms with Gasteiger partial charge in [-0.3, -0.25) is 14.8 Å². The number of nitrogens with zero attached hydrogens (tertiary/aromatic N) is 7. The average molecular weight is 358 g/mol. The molecule has 0 amide bonds. The van der Waals surface area contributed by atoms with Crippen molar-refractivity contribution in [1.82, 2.24) is 35.0 Å². The third-order valence-electron chi connectivity index (χ3n) is 4.99. The third-order valence-corrected chi connectivity index (χ3v) is 4.99. The van der Waals surface area contributed by atoms with Crippen LogP contribution in [0.2, 0.25) is 0 Å². The van der Waals surface area contributed by atoms with Crippen molar-refractivity contribution in [3.8, 4) is 0 Å². The van der Waals surface area contributed by atoms with E-state index in [1.54, 1.807) is 0 Å². The molecule has 142 valence electrons. The second-order valence-corrected chi connectivity index (χ2v) is 8.09. The number of rotatable bonds is 6. The molecular weight excluding hydrogens is 326 g/mol. The summed E-state index contributed by atoms with van der Waals surface area (Å²) in [5.41, 5.74) is 1.23. The van der Waals surface area contributed by atoms with Gasteiger partial charge in [-0.05, 0) is 55.3 Å². The summed E-state index contributed by atoms with van der Waals surface area (Å²) in [6.07, 6.45) is 5.95. The topological polar surface area (TPSA) is 63.0 Å². The molecule has 0 saturated carbocycles. The highest BCUT2D eigenvalue weighted by Gasteiger charge is 2.31. The highest BCUT2D eigenvalue weighted by molar-refractivity contribution is 5.09. The Bertz CT molecular complexity index is 669. The minimum atomic E-state index is -0.103. The zero-order valence-electron chi connectivity index (χ0n) is 16.5. The predicted molar refractivity (Wildman–Crippen MR) is 102 cm³/mol. The minimum Gasteiger partial charge on any atom is -0.297 e. The molecule has 0 aromatic carbocycles. The van der Waals surface area contributed by atoms with E-state index in [-0.39, 0.29) is 11.6 Å². The summed E-state index contributed by atoms with van der Waals surface area (Å²) in [6, 6.07) is 4.49. The average Bonchev–Trinajstić information content (AvgIpc) is 3.11. The summed E-state index contributed by atoms with van der Waals surface area (Å²) in [7, 11) is 0. The normalized spacial score (nSPS) is 18.2. The molecule has 1 fully saturated rings. The Morgan fingerprint density at radius 2 is 1.77 bits per heavy atom. The summed E-state index contributed by atoms with van der Waals surface area (Å²) in [6.45, 7) is 13.9. The number of hydrogen-bond acceptors (Lipinski definition) is 6. The van der Waals surface area contributed by atoms with Crippen molar-refractivity contribution < 1.29 is 0 Å². The molecule has 0 radical (unpaired) electrons. The number of pyridine rings is 1. The van der Waals surface area contributed by atoms with Crippen molar-refractivity contribution in [1.29, 1.82) is 0 Å². The predicted octanol–water partition coefficient (Wildman–Crippen LogP) is 2.48. The van der Waals surface area contributed by atoms with Gasteiger partial charge in [0.05, 0.1) is 11.6 Å². The number of hydrogen-bond donors (Lipinski definition) is 0. The lowest BCUT2D eigenvalue weighted by atomic mass is 10.0. The monoisotopic (exact) mass is 357 g/mol. The molecule has 2 aromatic rings. The van der Waals surface area contributed by atoms with Crippen molar-refractivity contribution in [2.45, 2.75) is 58.7 Å². The Morgan fingerprint density at radius 3 is 2.38 bits per heavy atom. The van der Waals surface area contributed by atoms with Crippen LogP contribution in [-0.2, 0) is 12.1 Å². The summed E-state index contributed by atoms with van der Waals surface area (Å²) < 4.78 is 2.00. The second-order valence-electron chi connectivity index (χ2n) is 8.09. The molecule has 0 aliphatic carbocycles. The van der Waals surface area contributed by atoms with Gasteiger partial charge in [0.15, 0.2) is 5.82 Å². The van der Waals surface area contributed by atoms with E-state index in [4.69, 9.17) is 0 Å². The van der Waals surface area contributed by atoms with Gasteiger partial charge in [-0.25, -0.2) is 4.68 Å². The van der Waals surface area contributed by atoms with Gasteiger partial charge < -0.3 is 0 Å². The summed E-state index contributed by atoms with van der Waals surface area (Å²) in [5.74, 6) is 1.00. The van der Waals surface area contributed by atoms with Crippen LogP contribution in [0.15, 0.2) is 24.5 Å². The highest BCUT2D eigenvalue weighted by Crippen LogP contribution is 2.28. The van der Waals surface area contributed by atoms with Crippen LogP contribution < -0.4 is 0 Å². The van der Waals surface area contributed by atoms with Crippen LogP contribution in [0.25, 0.3) is 0 Å². The maximum Gasteiger partial charge on any atom is 0.168 e. The number of aromatic nitrogens is 5. The fraction of sp³-hybridized carbons (Fsp3) is 0.684. The zero-order chi connectivity index (χ0) is 18.6. The molecule has 1 atom stereocenters. The lowest BCUT2D eigenvalue weighted by Gasteiger charge is -2.39. The summed E-state index contributed by atoms with van der Waals surface area (Å²) in [5, 5.41) is 12.6. The largest absolute Gasteiger partial charge is 0.297 e. The third kappa shape index (κ3) is 4.45. The van der Waals surface area contributed by atoms with E-state index in [9.17, 15) is 0 Å². The van der Waals surface area contributed by atoms with Crippen molar-refractivity contribution >= 4 is 0 Å². The lowest BCUT2D eigenvalue weighted by Crippen LogP contribution is -2.48. The summed E-state index contributed by atoms with van der Waals surface area (Å²) in [4.78, 5) is 9.17. The first-order valence-corrected chi connectivity index (χ1v) is 9.63. The Morgan fingerprint density at radius 1 is 1.08 bits per heavy atom. The first-order valence-electron chi connectivity index (χ1n) is 9.63. The van der Waals surface area contributed by atoms with E-state index in [1.165, 1.54) is 5.56 Å². The molecule has 7 heteroatoms. The van der Waals surface area contributed by atoms with E-state index in [0.29, 0.717) is 0 Å². The van der Waals surface area contributed by atoms with Gasteiger partial charge in [-0.1, -0.05) is 13.3 Å². The van der Waals surface area contributed by atoms with Crippen LogP contribution in [0.4, 0.5) is 0 Å². The standard InChI is InChI=1S/C19H31N7/c1-5-6-17(18-21-22-23-26(18)19(2,3)4)25-13-11-24(12-14-25)15-16-7-9-20-10-8-16/h7-10,17H,5-6,11-15H2,1-4H3. The Labute approximate surface area is 156 Å². The van der Waals surface area contributed by atoms with E-state index in [0.717, 1.165) is 51.4 Å². The number of tetrazole rings is 1. The Kier molecular flexibility index (Phi) is 5.98. The van der Waals surface area contributed by atoms with Gasteiger partial charge in [-0.15, -0.1) is 5.10 Å². The minimum absolute atomic E-state index is 0.103. The first kappa shape index (κ1) is 18.9. The fourth-order valence-corrected chi connectivity index (χ4v) is 3.61. The second kappa shape index (κ2) is 8.22. The Hall–Kier alpha value is -1.86. The van der Waals surface area contributed by atoms with Gasteiger partial charge in [-0.2, -0.15) is 0 Å². The quantitative estimate of drug-likeness (QED) is 0.791. The van der Waals surface area contributed by atoms with Gasteiger partial charge in [0.1, 0.15) is 0 Å². The van der Waals surface area contributed by atoms with Gasteiger partial charge in [0.25, 0.3) is 0 Å². The molecule has 1 unspecified atom stereocenters. The SMILES string of the molecule is CCCC(c1nnnn1C(C)(C)C)N1CCN(Cc2ccncc2)CC1. The molecule has 3 heterocycles. The van der Waals surface area contributed by atoms with Crippen LogP contribution in [-0.4, -0.2) is 61.2 Å². The van der Waals surface area contributed by atoms with Crippen molar-refractivity contribution in [3.63, 3.8) is 0 Å². The van der Waals surface area contributed by atoms with Crippen molar-refractivity contribution in [3.05, 3.63) is 35.9 Å². The van der Waals surface area contributed by atoms with Gasteiger partial charge in [0, 0.05) is 45.1 Å². The number of piperazine rings is 1. The van der Waals surface area contributed by atoms with Crippen molar-refractivity contribution in [2.24, 2.45) is 0 Å². The van der Waals surface area contributed by atoms with Gasteiger partial charge >= 0.3 is 0 Å². The molecule has 3 rings (SSSR count). The van der Waals surface area contributed by atoms with Crippen LogP contribution in [0, 0.1) is 0 Å². The highest BCUT2D eigenvalue weighted by atomic mass is 15.6. The smallest absolute Gasteiger partial charge is 0.168 e. The van der Waals surface area contributed by atoms with Crippen LogP contribution >= 0.6 is 0 Å². The fourth-order valence-electron chi connectivity index (χ4n) is 3.61. The molecule has 7 nitrogen and oxygen atoms in total. The van der Waals surface area contributed by atoms with E-state index >= 15 is 0 Å². The van der Waals surface area contributed by atoms with E-state index in [2.05, 4.69) is 70.1 Å². The molecule has 0 bridgehead atoms. The molecular formula is C19H31N7. The van der Waals surface area contributed by atoms with Crippen LogP contribution in [0.3, 0.4) is 0 Å². The Balaban J connectivity index is 1.67. The van der Waals surface area contributed by atoms with E-state index < -0.39 is 0 Å². The van der Waals surface area contributed by atoms with E-state index in [1.807, 2.05) is 17.1 Å². The van der Waals surface area contributed by atoms with Crippen LogP contribution in [0.1, 0.15) is 58.0 Å². The lowest BCUT2D eigenvalue weighted by molar-refractivity contribution is 0.0795. The zero-order valence-corrected chi connectivity index (χ0v) is 16.5.